The van der Waals surface area contributed by atoms with Crippen LogP contribution in [0.25, 0.3) is 0 Å². The number of aromatic nitrogens is 2. The lowest BCUT2D eigenvalue weighted by Gasteiger charge is -2.12. The Kier molecular flexibility index (Phi) is 1.87. The van der Waals surface area contributed by atoms with Crippen LogP contribution in [0.3, 0.4) is 0 Å². The smallest absolute Gasteiger partial charge is 0.136 e. The van der Waals surface area contributed by atoms with E-state index in [-0.39, 0.29) is 0 Å². The van der Waals surface area contributed by atoms with Crippen LogP contribution in [0.4, 0.5) is 5.82 Å². The summed E-state index contributed by atoms with van der Waals surface area (Å²) in [5.74, 6) is 1.54. The normalized spacial score (nSPS) is 19.5. The summed E-state index contributed by atoms with van der Waals surface area (Å²) < 4.78 is 2.80. The third-order valence-corrected chi connectivity index (χ3v) is 3.09. The molecule has 1 fully saturated rings. The number of hydrogen-bond acceptors (Lipinski definition) is 2. The molecule has 0 radical (unpaired) electrons. The molecule has 1 aromatic heterocycles. The molecular weight excluding hydrogens is 218 g/mol. The van der Waals surface area contributed by atoms with Gasteiger partial charge in [0.15, 0.2) is 0 Å². The van der Waals surface area contributed by atoms with Gasteiger partial charge in [0.25, 0.3) is 0 Å². The Labute approximate surface area is 80.1 Å². The number of rotatable bonds is 2. The van der Waals surface area contributed by atoms with Gasteiger partial charge < -0.3 is 5.73 Å². The van der Waals surface area contributed by atoms with E-state index in [1.54, 1.807) is 6.20 Å². The molecule has 66 valence electrons. The second kappa shape index (κ2) is 2.76. The van der Waals surface area contributed by atoms with Crippen molar-refractivity contribution in [3.63, 3.8) is 0 Å². The fraction of sp³-hybridized carbons (Fsp3) is 0.625. The Morgan fingerprint density at radius 2 is 2.42 bits per heavy atom. The molecular formula is C8H12BrN3. The molecule has 1 atom stereocenters. The SMILES string of the molecule is CC(C1CC1)n1ncc(Br)c1N. The van der Waals surface area contributed by atoms with E-state index in [1.807, 2.05) is 4.68 Å². The van der Waals surface area contributed by atoms with Crippen molar-refractivity contribution in [2.24, 2.45) is 5.92 Å². The lowest BCUT2D eigenvalue weighted by Crippen LogP contribution is -2.11. The molecule has 1 aliphatic carbocycles. The van der Waals surface area contributed by atoms with Gasteiger partial charge >= 0.3 is 0 Å². The van der Waals surface area contributed by atoms with Crippen LogP contribution >= 0.6 is 15.9 Å². The first kappa shape index (κ1) is 8.10. The van der Waals surface area contributed by atoms with Crippen LogP contribution in [0.1, 0.15) is 25.8 Å². The van der Waals surface area contributed by atoms with Crippen LogP contribution in [-0.2, 0) is 0 Å². The monoisotopic (exact) mass is 229 g/mol. The molecule has 0 aliphatic heterocycles. The van der Waals surface area contributed by atoms with Gasteiger partial charge in [-0.3, -0.25) is 0 Å². The van der Waals surface area contributed by atoms with Gasteiger partial charge in [-0.25, -0.2) is 4.68 Å². The highest BCUT2D eigenvalue weighted by molar-refractivity contribution is 9.10. The standard InChI is InChI=1S/C8H12BrN3/c1-5(6-2-3-6)12-8(10)7(9)4-11-12/h4-6H,2-3,10H2,1H3. The van der Waals surface area contributed by atoms with Gasteiger partial charge in [-0.1, -0.05) is 0 Å². The average molecular weight is 230 g/mol. The Morgan fingerprint density at radius 3 is 2.83 bits per heavy atom. The number of nitrogens with two attached hydrogens (primary N) is 1. The van der Waals surface area contributed by atoms with Gasteiger partial charge in [0.1, 0.15) is 5.82 Å². The zero-order valence-electron chi connectivity index (χ0n) is 7.00. The molecule has 0 aromatic carbocycles. The van der Waals surface area contributed by atoms with Crippen molar-refractivity contribution in [3.8, 4) is 0 Å². The van der Waals surface area contributed by atoms with Crippen LogP contribution in [-0.4, -0.2) is 9.78 Å². The Bertz CT molecular complexity index is 290. The topological polar surface area (TPSA) is 43.8 Å². The number of nitrogens with zero attached hydrogens (tertiary/aromatic N) is 2. The minimum atomic E-state index is 0.455. The number of anilines is 1. The minimum absolute atomic E-state index is 0.455. The molecule has 1 heterocycles. The molecule has 2 rings (SSSR count). The molecule has 0 amide bonds. The molecule has 3 nitrogen and oxygen atoms in total. The molecule has 1 aliphatic rings. The molecule has 12 heavy (non-hydrogen) atoms. The zero-order chi connectivity index (χ0) is 8.72. The van der Waals surface area contributed by atoms with Gasteiger partial charge in [-0.05, 0) is 41.6 Å². The zero-order valence-corrected chi connectivity index (χ0v) is 8.58. The predicted octanol–water partition coefficient (Wildman–Crippen LogP) is 2.20. The fourth-order valence-corrected chi connectivity index (χ4v) is 1.73. The van der Waals surface area contributed by atoms with E-state index in [1.165, 1.54) is 12.8 Å². The van der Waals surface area contributed by atoms with Crippen LogP contribution in [0.15, 0.2) is 10.7 Å². The molecule has 0 bridgehead atoms. The summed E-state index contributed by atoms with van der Waals surface area (Å²) in [6.45, 7) is 2.17. The molecule has 0 spiro atoms. The first-order valence-electron chi connectivity index (χ1n) is 4.18. The summed E-state index contributed by atoms with van der Waals surface area (Å²) in [6.07, 6.45) is 4.39. The van der Waals surface area contributed by atoms with Gasteiger partial charge in [0.2, 0.25) is 0 Å². The van der Waals surface area contributed by atoms with Crippen LogP contribution in [0.2, 0.25) is 0 Å². The molecule has 2 N–H and O–H groups in total. The van der Waals surface area contributed by atoms with Gasteiger partial charge in [-0.15, -0.1) is 0 Å². The van der Waals surface area contributed by atoms with E-state index >= 15 is 0 Å². The van der Waals surface area contributed by atoms with Crippen LogP contribution in [0, 0.1) is 5.92 Å². The van der Waals surface area contributed by atoms with Crippen molar-refractivity contribution in [3.05, 3.63) is 10.7 Å². The summed E-state index contributed by atoms with van der Waals surface area (Å²) in [5.41, 5.74) is 5.82. The first-order chi connectivity index (χ1) is 5.70. The van der Waals surface area contributed by atoms with Crippen LogP contribution in [0.5, 0.6) is 0 Å². The van der Waals surface area contributed by atoms with Crippen molar-refractivity contribution in [2.75, 3.05) is 5.73 Å². The highest BCUT2D eigenvalue weighted by Crippen LogP contribution is 2.40. The maximum absolute atomic E-state index is 5.82. The number of nitrogen functional groups attached to an aromatic ring is 1. The second-order valence-corrected chi connectivity index (χ2v) is 4.25. The van der Waals surface area contributed by atoms with Crippen molar-refractivity contribution in [1.82, 2.24) is 9.78 Å². The highest BCUT2D eigenvalue weighted by atomic mass is 79.9. The van der Waals surface area contributed by atoms with E-state index in [0.29, 0.717) is 6.04 Å². The first-order valence-corrected chi connectivity index (χ1v) is 4.98. The maximum Gasteiger partial charge on any atom is 0.136 e. The van der Waals surface area contributed by atoms with E-state index in [2.05, 4.69) is 28.0 Å². The summed E-state index contributed by atoms with van der Waals surface area (Å²) in [5, 5.41) is 4.22. The molecule has 1 saturated carbocycles. The van der Waals surface area contributed by atoms with Gasteiger partial charge in [-0.2, -0.15) is 5.10 Å². The average Bonchev–Trinajstić information content (AvgIpc) is 2.82. The van der Waals surface area contributed by atoms with E-state index < -0.39 is 0 Å². The Hall–Kier alpha value is -0.510. The largest absolute Gasteiger partial charge is 0.383 e. The second-order valence-electron chi connectivity index (χ2n) is 3.40. The van der Waals surface area contributed by atoms with E-state index in [9.17, 15) is 0 Å². The lowest BCUT2D eigenvalue weighted by atomic mass is 10.2. The Balaban J connectivity index is 2.25. The third kappa shape index (κ3) is 1.24. The summed E-state index contributed by atoms with van der Waals surface area (Å²) in [4.78, 5) is 0. The molecule has 1 aromatic rings. The Morgan fingerprint density at radius 1 is 1.75 bits per heavy atom. The lowest BCUT2D eigenvalue weighted by molar-refractivity contribution is 0.446. The maximum atomic E-state index is 5.82. The third-order valence-electron chi connectivity index (χ3n) is 2.48. The highest BCUT2D eigenvalue weighted by Gasteiger charge is 2.30. The number of hydrogen-bond donors (Lipinski definition) is 1. The summed E-state index contributed by atoms with van der Waals surface area (Å²) in [7, 11) is 0. The quantitative estimate of drug-likeness (QED) is 0.846. The van der Waals surface area contributed by atoms with Crippen molar-refractivity contribution in [2.45, 2.75) is 25.8 Å². The predicted molar refractivity (Wildman–Crippen MR) is 51.8 cm³/mol. The van der Waals surface area contributed by atoms with Crippen molar-refractivity contribution in [1.29, 1.82) is 0 Å². The molecule has 0 saturated heterocycles. The summed E-state index contributed by atoms with van der Waals surface area (Å²) >= 11 is 3.35. The van der Waals surface area contributed by atoms with Crippen molar-refractivity contribution >= 4 is 21.7 Å². The molecule has 4 heteroatoms. The summed E-state index contributed by atoms with van der Waals surface area (Å²) in [6, 6.07) is 0.455. The van der Waals surface area contributed by atoms with Gasteiger partial charge in [0.05, 0.1) is 16.7 Å². The van der Waals surface area contributed by atoms with Crippen molar-refractivity contribution < 1.29 is 0 Å². The van der Waals surface area contributed by atoms with E-state index in [0.717, 1.165) is 16.2 Å². The number of halogens is 1. The van der Waals surface area contributed by atoms with Gasteiger partial charge in [0, 0.05) is 0 Å². The van der Waals surface area contributed by atoms with E-state index in [4.69, 9.17) is 5.73 Å². The fourth-order valence-electron chi connectivity index (χ4n) is 1.45. The molecule has 1 unspecified atom stereocenters. The minimum Gasteiger partial charge on any atom is -0.383 e. The van der Waals surface area contributed by atoms with Crippen LogP contribution < -0.4 is 5.73 Å².